The van der Waals surface area contributed by atoms with Crippen molar-refractivity contribution >= 4 is 28.0 Å². The number of hydrogen-bond acceptors (Lipinski definition) is 4. The van der Waals surface area contributed by atoms with Gasteiger partial charge in [-0.3, -0.25) is 9.48 Å². The van der Waals surface area contributed by atoms with Crippen molar-refractivity contribution in [3.8, 4) is 0 Å². The number of nitrogens with zero attached hydrogens (tertiary/aromatic N) is 2. The molecule has 1 atom stereocenters. The van der Waals surface area contributed by atoms with Gasteiger partial charge < -0.3 is 15.2 Å². The lowest BCUT2D eigenvalue weighted by Gasteiger charge is -2.22. The van der Waals surface area contributed by atoms with E-state index in [0.717, 1.165) is 0 Å². The van der Waals surface area contributed by atoms with Crippen molar-refractivity contribution in [2.75, 3.05) is 0 Å². The number of amides is 1. The van der Waals surface area contributed by atoms with Gasteiger partial charge in [-0.2, -0.15) is 5.10 Å². The molecule has 0 unspecified atom stereocenters. The molecule has 0 fully saturated rings. The number of aryl methyl sites for hydroxylation is 1. The van der Waals surface area contributed by atoms with Gasteiger partial charge in [-0.25, -0.2) is 4.79 Å². The minimum Gasteiger partial charge on any atom is -0.481 e. The highest BCUT2D eigenvalue weighted by Crippen LogP contribution is 2.25. The molecule has 0 saturated heterocycles. The van der Waals surface area contributed by atoms with E-state index in [4.69, 9.17) is 9.84 Å². The molecule has 8 heteroatoms. The van der Waals surface area contributed by atoms with Gasteiger partial charge in [0.25, 0.3) is 0 Å². The molecular weight excluding hydrogens is 330 g/mol. The number of nitrogens with one attached hydrogen (secondary N) is 1. The molecule has 112 valence electrons. The first-order valence-electron chi connectivity index (χ1n) is 5.99. The summed E-state index contributed by atoms with van der Waals surface area (Å²) in [5, 5.41) is 15.6. The van der Waals surface area contributed by atoms with Crippen molar-refractivity contribution in [1.29, 1.82) is 0 Å². The zero-order chi connectivity index (χ0) is 15.5. The van der Waals surface area contributed by atoms with Crippen molar-refractivity contribution < 1.29 is 19.4 Å². The topological polar surface area (TPSA) is 93.5 Å². The van der Waals surface area contributed by atoms with E-state index >= 15 is 0 Å². The molecule has 0 aromatic carbocycles. The van der Waals surface area contributed by atoms with Crippen molar-refractivity contribution in [3.05, 3.63) is 16.4 Å². The largest absolute Gasteiger partial charge is 0.481 e. The molecule has 20 heavy (non-hydrogen) atoms. The number of aliphatic carboxylic acids is 1. The maximum Gasteiger partial charge on any atom is 0.408 e. The van der Waals surface area contributed by atoms with E-state index in [0.29, 0.717) is 10.2 Å². The summed E-state index contributed by atoms with van der Waals surface area (Å²) in [6.45, 7) is 5.20. The molecule has 0 spiro atoms. The number of carboxylic acid groups (broad SMARTS) is 1. The molecule has 0 aliphatic rings. The Bertz CT molecular complexity index is 507. The van der Waals surface area contributed by atoms with Crippen LogP contribution in [0.5, 0.6) is 0 Å². The van der Waals surface area contributed by atoms with Gasteiger partial charge in [0.15, 0.2) is 0 Å². The molecular formula is C12H18BrN3O4. The monoisotopic (exact) mass is 347 g/mol. The molecule has 1 rings (SSSR count). The Labute approximate surface area is 125 Å². The summed E-state index contributed by atoms with van der Waals surface area (Å²) in [6, 6.07) is -0.717. The maximum absolute atomic E-state index is 11.8. The molecule has 0 aliphatic heterocycles. The molecule has 0 bridgehead atoms. The molecule has 1 heterocycles. The van der Waals surface area contributed by atoms with E-state index in [1.807, 2.05) is 0 Å². The van der Waals surface area contributed by atoms with Crippen LogP contribution in [0.1, 0.15) is 38.8 Å². The van der Waals surface area contributed by atoms with Crippen LogP contribution in [0.3, 0.4) is 0 Å². The van der Waals surface area contributed by atoms with E-state index in [2.05, 4.69) is 26.3 Å². The Morgan fingerprint density at radius 2 is 2.15 bits per heavy atom. The number of halogens is 1. The number of rotatable bonds is 4. The first kappa shape index (κ1) is 16.5. The van der Waals surface area contributed by atoms with Gasteiger partial charge in [0.1, 0.15) is 10.2 Å². The van der Waals surface area contributed by atoms with Gasteiger partial charge in [0.05, 0.1) is 12.5 Å². The normalized spacial score (nSPS) is 12.8. The molecule has 1 aromatic rings. The fourth-order valence-electron chi connectivity index (χ4n) is 1.58. The molecule has 0 saturated carbocycles. The highest BCUT2D eigenvalue weighted by atomic mass is 79.9. The van der Waals surface area contributed by atoms with Crippen LogP contribution in [0.15, 0.2) is 10.8 Å². The van der Waals surface area contributed by atoms with Crippen LogP contribution in [0, 0.1) is 0 Å². The Hall–Kier alpha value is -1.57. The Kier molecular flexibility index (Phi) is 5.15. The van der Waals surface area contributed by atoms with Crippen molar-refractivity contribution in [2.24, 2.45) is 7.05 Å². The van der Waals surface area contributed by atoms with E-state index in [-0.39, 0.29) is 6.42 Å². The first-order valence-corrected chi connectivity index (χ1v) is 6.78. The van der Waals surface area contributed by atoms with Gasteiger partial charge in [-0.1, -0.05) is 0 Å². The van der Waals surface area contributed by atoms with Crippen LogP contribution >= 0.6 is 15.9 Å². The van der Waals surface area contributed by atoms with Crippen LogP contribution in [0.4, 0.5) is 4.79 Å². The van der Waals surface area contributed by atoms with Crippen LogP contribution in [-0.4, -0.2) is 32.6 Å². The SMILES string of the molecule is Cn1cc([C@H](CC(=O)O)NC(=O)OC(C)(C)C)c(Br)n1. The third-order valence-corrected chi connectivity index (χ3v) is 2.87. The van der Waals surface area contributed by atoms with Gasteiger partial charge in [-0.15, -0.1) is 0 Å². The summed E-state index contributed by atoms with van der Waals surface area (Å²) in [6.07, 6.45) is 0.720. The first-order chi connectivity index (χ1) is 9.08. The summed E-state index contributed by atoms with van der Waals surface area (Å²) in [5.74, 6) is -1.03. The van der Waals surface area contributed by atoms with Gasteiger partial charge >= 0.3 is 12.1 Å². The minimum atomic E-state index is -1.03. The highest BCUT2D eigenvalue weighted by Gasteiger charge is 2.25. The summed E-state index contributed by atoms with van der Waals surface area (Å²) >= 11 is 3.24. The number of hydrogen-bond donors (Lipinski definition) is 2. The second kappa shape index (κ2) is 6.25. The molecule has 7 nitrogen and oxygen atoms in total. The number of aromatic nitrogens is 2. The number of ether oxygens (including phenoxy) is 1. The average molecular weight is 348 g/mol. The van der Waals surface area contributed by atoms with Crippen molar-refractivity contribution in [1.82, 2.24) is 15.1 Å². The van der Waals surface area contributed by atoms with Crippen molar-refractivity contribution in [2.45, 2.75) is 38.8 Å². The Balaban J connectivity index is 2.88. The predicted octanol–water partition coefficient (Wildman–Crippen LogP) is 2.22. The second-order valence-corrected chi connectivity index (χ2v) is 6.10. The standard InChI is InChI=1S/C12H18BrN3O4/c1-12(2,3)20-11(19)14-8(5-9(17)18)7-6-16(4)15-10(7)13/h6,8H,5H2,1-4H3,(H,14,19)(H,17,18)/t8-/m0/s1. The minimum absolute atomic E-state index is 0.260. The highest BCUT2D eigenvalue weighted by molar-refractivity contribution is 9.10. The summed E-state index contributed by atoms with van der Waals surface area (Å²) in [7, 11) is 1.71. The van der Waals surface area contributed by atoms with E-state index < -0.39 is 23.7 Å². The maximum atomic E-state index is 11.8. The average Bonchev–Trinajstić information content (AvgIpc) is 2.53. The van der Waals surface area contributed by atoms with E-state index in [1.165, 1.54) is 4.68 Å². The number of carbonyl (C=O) groups is 2. The van der Waals surface area contributed by atoms with Crippen LogP contribution in [-0.2, 0) is 16.6 Å². The smallest absolute Gasteiger partial charge is 0.408 e. The third-order valence-electron chi connectivity index (χ3n) is 2.25. The summed E-state index contributed by atoms with van der Waals surface area (Å²) < 4.78 is 7.15. The predicted molar refractivity (Wildman–Crippen MR) is 75.3 cm³/mol. The van der Waals surface area contributed by atoms with E-state index in [1.54, 1.807) is 34.0 Å². The fraction of sp³-hybridized carbons (Fsp3) is 0.583. The lowest BCUT2D eigenvalue weighted by molar-refractivity contribution is -0.137. The Morgan fingerprint density at radius 3 is 2.55 bits per heavy atom. The Morgan fingerprint density at radius 1 is 1.55 bits per heavy atom. The van der Waals surface area contributed by atoms with Crippen molar-refractivity contribution in [3.63, 3.8) is 0 Å². The fourth-order valence-corrected chi connectivity index (χ4v) is 2.21. The van der Waals surface area contributed by atoms with Crippen LogP contribution in [0.2, 0.25) is 0 Å². The quantitative estimate of drug-likeness (QED) is 0.870. The molecule has 1 aromatic heterocycles. The molecule has 2 N–H and O–H groups in total. The number of carboxylic acids is 1. The van der Waals surface area contributed by atoms with Gasteiger partial charge in [0.2, 0.25) is 0 Å². The summed E-state index contributed by atoms with van der Waals surface area (Å²) in [5.41, 5.74) is -0.0647. The lowest BCUT2D eigenvalue weighted by atomic mass is 10.1. The molecule has 0 radical (unpaired) electrons. The zero-order valence-electron chi connectivity index (χ0n) is 11.8. The second-order valence-electron chi connectivity index (χ2n) is 5.35. The molecule has 1 amide bonds. The van der Waals surface area contributed by atoms with Crippen LogP contribution < -0.4 is 5.32 Å². The summed E-state index contributed by atoms with van der Waals surface area (Å²) in [4.78, 5) is 22.7. The van der Waals surface area contributed by atoms with Gasteiger partial charge in [-0.05, 0) is 36.7 Å². The third kappa shape index (κ3) is 5.20. The van der Waals surface area contributed by atoms with Gasteiger partial charge in [0, 0.05) is 18.8 Å². The molecule has 0 aliphatic carbocycles. The van der Waals surface area contributed by atoms with Crippen LogP contribution in [0.25, 0.3) is 0 Å². The number of carbonyl (C=O) groups excluding carboxylic acids is 1. The van der Waals surface area contributed by atoms with E-state index in [9.17, 15) is 9.59 Å². The lowest BCUT2D eigenvalue weighted by Crippen LogP contribution is -2.35. The number of alkyl carbamates (subject to hydrolysis) is 1. The zero-order valence-corrected chi connectivity index (χ0v) is 13.4.